The van der Waals surface area contributed by atoms with E-state index in [2.05, 4.69) is 13.0 Å². The minimum atomic E-state index is -0.822. The number of hydrogen-bond donors (Lipinski definition) is 0. The Morgan fingerprint density at radius 2 is 1.85 bits per heavy atom. The van der Waals surface area contributed by atoms with Crippen LogP contribution in [-0.2, 0) is 23.9 Å². The molecule has 0 unspecified atom stereocenters. The summed E-state index contributed by atoms with van der Waals surface area (Å²) in [7, 11) is 1.43. The lowest BCUT2D eigenvalue weighted by Crippen LogP contribution is -2.54. The fourth-order valence-electron chi connectivity index (χ4n) is 5.63. The average Bonchev–Trinajstić information content (AvgIpc) is 3.06. The van der Waals surface area contributed by atoms with Crippen molar-refractivity contribution in [3.05, 3.63) is 11.8 Å². The molecule has 0 aromatic heterocycles. The van der Waals surface area contributed by atoms with Crippen molar-refractivity contribution in [3.8, 4) is 0 Å². The number of methoxy groups -OCH3 is 1. The Balaban J connectivity index is 1.80. The molecular weight excluding hydrogens is 420 g/mol. The van der Waals surface area contributed by atoms with Gasteiger partial charge in [-0.1, -0.05) is 51.5 Å². The molecule has 0 bridgehead atoms. The van der Waals surface area contributed by atoms with Crippen molar-refractivity contribution in [2.24, 2.45) is 11.3 Å². The van der Waals surface area contributed by atoms with Crippen LogP contribution in [0.4, 0.5) is 0 Å². The van der Waals surface area contributed by atoms with E-state index in [1.807, 2.05) is 4.90 Å². The van der Waals surface area contributed by atoms with Crippen LogP contribution in [0.15, 0.2) is 11.8 Å². The topological polar surface area (TPSA) is 76.2 Å². The van der Waals surface area contributed by atoms with Gasteiger partial charge in [0.2, 0.25) is 11.8 Å². The summed E-state index contributed by atoms with van der Waals surface area (Å²) < 4.78 is 10.7. The smallest absolute Gasteiger partial charge is 0.317 e. The maximum absolute atomic E-state index is 13.7. The van der Waals surface area contributed by atoms with Crippen LogP contribution in [-0.4, -0.2) is 67.5 Å². The molecule has 2 heterocycles. The number of unbranched alkanes of at least 4 members (excludes halogenated alkanes) is 5. The highest BCUT2D eigenvalue weighted by Crippen LogP contribution is 2.49. The van der Waals surface area contributed by atoms with E-state index in [1.54, 1.807) is 4.90 Å². The fraction of sp³-hybridized carbons (Fsp3) is 0.808. The summed E-state index contributed by atoms with van der Waals surface area (Å²) in [6, 6.07) is 0. The molecule has 0 spiro atoms. The summed E-state index contributed by atoms with van der Waals surface area (Å²) in [5, 5.41) is 0. The lowest BCUT2D eigenvalue weighted by atomic mass is 9.69. The van der Waals surface area contributed by atoms with Crippen molar-refractivity contribution in [1.82, 2.24) is 9.80 Å². The molecule has 0 N–H and O–H groups in total. The van der Waals surface area contributed by atoms with E-state index in [0.717, 1.165) is 44.2 Å². The molecule has 2 fully saturated rings. The van der Waals surface area contributed by atoms with Crippen LogP contribution < -0.4 is 0 Å². The molecule has 2 saturated heterocycles. The standard InChI is InChI=1S/C26H42N2O5/c1-3-4-5-6-7-11-14-28-22-12-9-8-10-13-26(22,25(31)32-2)20-21(24(28)30)19-23(29)27-15-17-33-18-16-27/h12,21H,3-11,13-20H2,1-2H3/t21-,26+/m1/s1. The Hall–Kier alpha value is -1.89. The van der Waals surface area contributed by atoms with Gasteiger partial charge in [-0.25, -0.2) is 0 Å². The van der Waals surface area contributed by atoms with Gasteiger partial charge in [0.1, 0.15) is 5.41 Å². The predicted octanol–water partition coefficient (Wildman–Crippen LogP) is 4.06. The van der Waals surface area contributed by atoms with Crippen LogP contribution in [0.1, 0.15) is 84.0 Å². The minimum Gasteiger partial charge on any atom is -0.468 e. The van der Waals surface area contributed by atoms with Crippen molar-refractivity contribution in [1.29, 1.82) is 0 Å². The van der Waals surface area contributed by atoms with Gasteiger partial charge < -0.3 is 19.3 Å². The Kier molecular flexibility index (Phi) is 9.78. The quantitative estimate of drug-likeness (QED) is 0.361. The van der Waals surface area contributed by atoms with Crippen LogP contribution in [0.3, 0.4) is 0 Å². The molecule has 2 atom stereocenters. The molecule has 1 aliphatic carbocycles. The van der Waals surface area contributed by atoms with E-state index in [1.165, 1.54) is 26.4 Å². The number of likely N-dealkylation sites (tertiary alicyclic amines) is 1. The number of ether oxygens (including phenoxy) is 2. The molecule has 0 radical (unpaired) electrons. The third kappa shape index (κ3) is 6.17. The number of hydrogen-bond acceptors (Lipinski definition) is 5. The number of carbonyl (C=O) groups is 3. The van der Waals surface area contributed by atoms with Crippen molar-refractivity contribution in [3.63, 3.8) is 0 Å². The molecule has 2 amide bonds. The van der Waals surface area contributed by atoms with Gasteiger partial charge in [0.25, 0.3) is 0 Å². The average molecular weight is 463 g/mol. The highest BCUT2D eigenvalue weighted by molar-refractivity contribution is 5.92. The predicted molar refractivity (Wildman–Crippen MR) is 126 cm³/mol. The lowest BCUT2D eigenvalue weighted by molar-refractivity contribution is -0.160. The zero-order valence-electron chi connectivity index (χ0n) is 20.6. The number of piperidine rings is 1. The Bertz CT molecular complexity index is 715. The second kappa shape index (κ2) is 12.5. The first kappa shape index (κ1) is 25.7. The summed E-state index contributed by atoms with van der Waals surface area (Å²) in [6.07, 6.45) is 12.9. The number of esters is 1. The van der Waals surface area contributed by atoms with Crippen molar-refractivity contribution in [2.45, 2.75) is 84.0 Å². The monoisotopic (exact) mass is 462 g/mol. The van der Waals surface area contributed by atoms with Crippen LogP contribution in [0, 0.1) is 11.3 Å². The summed E-state index contributed by atoms with van der Waals surface area (Å²) in [5.74, 6) is -0.773. The van der Waals surface area contributed by atoms with E-state index in [-0.39, 0.29) is 24.2 Å². The van der Waals surface area contributed by atoms with Gasteiger partial charge in [-0.3, -0.25) is 14.4 Å². The zero-order valence-corrected chi connectivity index (χ0v) is 20.6. The van der Waals surface area contributed by atoms with Gasteiger partial charge in [-0.15, -0.1) is 0 Å². The Morgan fingerprint density at radius 3 is 2.58 bits per heavy atom. The molecule has 7 heteroatoms. The van der Waals surface area contributed by atoms with E-state index in [9.17, 15) is 14.4 Å². The maximum atomic E-state index is 13.7. The highest BCUT2D eigenvalue weighted by Gasteiger charge is 2.53. The number of nitrogens with zero attached hydrogens (tertiary/aromatic N) is 2. The SMILES string of the molecule is CCCCCCCCN1C(=O)[C@H](CC(=O)N2CCOCC2)C[C@@]2(C(=O)OC)CCCCC=C12. The second-order valence-corrected chi connectivity index (χ2v) is 9.76. The van der Waals surface area contributed by atoms with Gasteiger partial charge in [0.05, 0.1) is 20.3 Å². The van der Waals surface area contributed by atoms with Crippen LogP contribution in [0.2, 0.25) is 0 Å². The number of rotatable bonds is 10. The van der Waals surface area contributed by atoms with Gasteiger partial charge in [-0.2, -0.15) is 0 Å². The summed E-state index contributed by atoms with van der Waals surface area (Å²) >= 11 is 0. The van der Waals surface area contributed by atoms with Crippen LogP contribution >= 0.6 is 0 Å². The largest absolute Gasteiger partial charge is 0.468 e. The molecule has 0 saturated carbocycles. The van der Waals surface area contributed by atoms with Crippen molar-refractivity contribution in [2.75, 3.05) is 40.0 Å². The van der Waals surface area contributed by atoms with E-state index < -0.39 is 11.3 Å². The molecule has 3 rings (SSSR count). The maximum Gasteiger partial charge on any atom is 0.317 e. The summed E-state index contributed by atoms with van der Waals surface area (Å²) in [4.78, 5) is 43.5. The molecule has 2 aliphatic heterocycles. The minimum absolute atomic E-state index is 0.00199. The number of allylic oxidation sites excluding steroid dienone is 1. The van der Waals surface area contributed by atoms with Gasteiger partial charge >= 0.3 is 5.97 Å². The molecule has 33 heavy (non-hydrogen) atoms. The Labute approximate surface area is 198 Å². The first-order valence-electron chi connectivity index (χ1n) is 13.0. The van der Waals surface area contributed by atoms with Crippen LogP contribution in [0.25, 0.3) is 0 Å². The summed E-state index contributed by atoms with van der Waals surface area (Å²) in [5.41, 5.74) is 0.0117. The molecule has 7 nitrogen and oxygen atoms in total. The highest BCUT2D eigenvalue weighted by atomic mass is 16.5. The van der Waals surface area contributed by atoms with Gasteiger partial charge in [0.15, 0.2) is 0 Å². The number of amides is 2. The van der Waals surface area contributed by atoms with Crippen molar-refractivity contribution >= 4 is 17.8 Å². The third-order valence-electron chi connectivity index (χ3n) is 7.48. The van der Waals surface area contributed by atoms with Gasteiger partial charge in [-0.05, 0) is 32.1 Å². The number of carbonyl (C=O) groups excluding carboxylic acids is 3. The molecule has 0 aromatic rings. The molecule has 186 valence electrons. The van der Waals surface area contributed by atoms with Crippen LogP contribution in [0.5, 0.6) is 0 Å². The summed E-state index contributed by atoms with van der Waals surface area (Å²) in [6.45, 7) is 5.01. The lowest BCUT2D eigenvalue weighted by Gasteiger charge is -2.46. The molecule has 0 aromatic carbocycles. The van der Waals surface area contributed by atoms with Crippen molar-refractivity contribution < 1.29 is 23.9 Å². The van der Waals surface area contributed by atoms with E-state index in [0.29, 0.717) is 45.7 Å². The second-order valence-electron chi connectivity index (χ2n) is 9.76. The number of fused-ring (bicyclic) bond motifs is 1. The van der Waals surface area contributed by atoms with Gasteiger partial charge in [0, 0.05) is 37.7 Å². The zero-order chi connectivity index (χ0) is 23.7. The normalized spacial score (nSPS) is 25.8. The van der Waals surface area contributed by atoms with E-state index in [4.69, 9.17) is 9.47 Å². The third-order valence-corrected chi connectivity index (χ3v) is 7.48. The first-order chi connectivity index (χ1) is 16.0. The van der Waals surface area contributed by atoms with E-state index >= 15 is 0 Å². The first-order valence-corrected chi connectivity index (χ1v) is 13.0. The fourth-order valence-corrected chi connectivity index (χ4v) is 5.63. The molecule has 3 aliphatic rings. The number of morpholine rings is 1. The molecular formula is C26H42N2O5. The Morgan fingerprint density at radius 1 is 1.12 bits per heavy atom.